The maximum atomic E-state index is 13.3. The molecule has 1 N–H and O–H groups in total. The van der Waals surface area contributed by atoms with Crippen LogP contribution in [0.2, 0.25) is 0 Å². The van der Waals surface area contributed by atoms with Gasteiger partial charge in [0.1, 0.15) is 5.82 Å². The lowest BCUT2D eigenvalue weighted by Gasteiger charge is -2.14. The Morgan fingerprint density at radius 1 is 1.50 bits per heavy atom. The van der Waals surface area contributed by atoms with Gasteiger partial charge < -0.3 is 10.1 Å². The lowest BCUT2D eigenvalue weighted by Crippen LogP contribution is -2.16. The summed E-state index contributed by atoms with van der Waals surface area (Å²) in [6.45, 7) is 5.51. The van der Waals surface area contributed by atoms with E-state index < -0.39 is 0 Å². The highest BCUT2D eigenvalue weighted by atomic mass is 79.9. The number of halogens is 2. The molecule has 0 spiro atoms. The highest BCUT2D eigenvalue weighted by molar-refractivity contribution is 9.10. The van der Waals surface area contributed by atoms with Gasteiger partial charge in [0.2, 0.25) is 0 Å². The van der Waals surface area contributed by atoms with E-state index in [1.165, 1.54) is 6.07 Å². The Morgan fingerprint density at radius 3 is 2.81 bits per heavy atom. The minimum absolute atomic E-state index is 0.243. The summed E-state index contributed by atoms with van der Waals surface area (Å²) < 4.78 is 18.9. The molecule has 0 saturated heterocycles. The molecule has 0 heterocycles. The average Bonchev–Trinajstić information content (AvgIpc) is 2.22. The standard InChI is InChI=1S/C12H17BrFNO/c1-8(7-16-3)6-15-12-5-11(14)10(13)4-9(12)2/h4-5,8,15H,6-7H2,1-3H3. The zero-order valence-corrected chi connectivity index (χ0v) is 11.4. The quantitative estimate of drug-likeness (QED) is 0.894. The van der Waals surface area contributed by atoms with Crippen molar-refractivity contribution < 1.29 is 9.13 Å². The first-order valence-electron chi connectivity index (χ1n) is 5.23. The van der Waals surface area contributed by atoms with E-state index in [4.69, 9.17) is 4.74 Å². The highest BCUT2D eigenvalue weighted by Crippen LogP contribution is 2.24. The molecule has 90 valence electrons. The summed E-state index contributed by atoms with van der Waals surface area (Å²) in [5.41, 5.74) is 1.86. The maximum absolute atomic E-state index is 13.3. The van der Waals surface area contributed by atoms with E-state index in [-0.39, 0.29) is 5.82 Å². The van der Waals surface area contributed by atoms with Crippen molar-refractivity contribution in [3.8, 4) is 0 Å². The second-order valence-corrected chi connectivity index (χ2v) is 4.88. The summed E-state index contributed by atoms with van der Waals surface area (Å²) in [5, 5.41) is 3.22. The number of hydrogen-bond acceptors (Lipinski definition) is 2. The molecule has 1 atom stereocenters. The van der Waals surface area contributed by atoms with Crippen LogP contribution < -0.4 is 5.32 Å². The second kappa shape index (κ2) is 6.21. The monoisotopic (exact) mass is 289 g/mol. The molecule has 1 aromatic rings. The lowest BCUT2D eigenvalue weighted by atomic mass is 10.1. The van der Waals surface area contributed by atoms with Crippen LogP contribution in [-0.2, 0) is 4.74 Å². The van der Waals surface area contributed by atoms with E-state index in [1.54, 1.807) is 13.2 Å². The molecular formula is C12H17BrFNO. The molecule has 0 aliphatic rings. The number of ether oxygens (including phenoxy) is 1. The summed E-state index contributed by atoms with van der Waals surface area (Å²) in [6.07, 6.45) is 0. The topological polar surface area (TPSA) is 21.3 Å². The van der Waals surface area contributed by atoms with Crippen LogP contribution in [-0.4, -0.2) is 20.3 Å². The minimum Gasteiger partial charge on any atom is -0.384 e. The van der Waals surface area contributed by atoms with E-state index in [9.17, 15) is 4.39 Å². The van der Waals surface area contributed by atoms with Crippen molar-refractivity contribution in [1.82, 2.24) is 0 Å². The molecule has 1 aromatic carbocycles. The van der Waals surface area contributed by atoms with E-state index in [0.29, 0.717) is 17.0 Å². The smallest absolute Gasteiger partial charge is 0.139 e. The van der Waals surface area contributed by atoms with Crippen molar-refractivity contribution in [2.75, 3.05) is 25.6 Å². The number of anilines is 1. The Kier molecular flexibility index (Phi) is 5.22. The van der Waals surface area contributed by atoms with Crippen LogP contribution in [0.4, 0.5) is 10.1 Å². The molecular weight excluding hydrogens is 273 g/mol. The van der Waals surface area contributed by atoms with Crippen molar-refractivity contribution >= 4 is 21.6 Å². The highest BCUT2D eigenvalue weighted by Gasteiger charge is 2.06. The third-order valence-electron chi connectivity index (χ3n) is 2.36. The lowest BCUT2D eigenvalue weighted by molar-refractivity contribution is 0.164. The molecule has 0 aliphatic heterocycles. The number of rotatable bonds is 5. The van der Waals surface area contributed by atoms with E-state index in [2.05, 4.69) is 28.2 Å². The van der Waals surface area contributed by atoms with Gasteiger partial charge in [-0.1, -0.05) is 6.92 Å². The van der Waals surface area contributed by atoms with E-state index >= 15 is 0 Å². The summed E-state index contributed by atoms with van der Waals surface area (Å²) in [6, 6.07) is 3.29. The molecule has 16 heavy (non-hydrogen) atoms. The molecule has 0 fully saturated rings. The number of aryl methyl sites for hydroxylation is 1. The van der Waals surface area contributed by atoms with Crippen LogP contribution in [0.3, 0.4) is 0 Å². The molecule has 2 nitrogen and oxygen atoms in total. The van der Waals surface area contributed by atoms with Crippen LogP contribution >= 0.6 is 15.9 Å². The van der Waals surface area contributed by atoms with Gasteiger partial charge in [-0.3, -0.25) is 0 Å². The summed E-state index contributed by atoms with van der Waals surface area (Å²) in [7, 11) is 1.68. The Balaban J connectivity index is 2.63. The minimum atomic E-state index is -0.243. The van der Waals surface area contributed by atoms with Gasteiger partial charge >= 0.3 is 0 Å². The van der Waals surface area contributed by atoms with Gasteiger partial charge in [-0.25, -0.2) is 4.39 Å². The van der Waals surface area contributed by atoms with Crippen LogP contribution in [0.25, 0.3) is 0 Å². The van der Waals surface area contributed by atoms with Gasteiger partial charge in [0.25, 0.3) is 0 Å². The van der Waals surface area contributed by atoms with Gasteiger partial charge in [-0.2, -0.15) is 0 Å². The molecule has 0 aromatic heterocycles. The summed E-state index contributed by atoms with van der Waals surface area (Å²) >= 11 is 3.16. The maximum Gasteiger partial charge on any atom is 0.139 e. The predicted molar refractivity (Wildman–Crippen MR) is 68.4 cm³/mol. The van der Waals surface area contributed by atoms with Crippen molar-refractivity contribution in [3.63, 3.8) is 0 Å². The summed E-state index contributed by atoms with van der Waals surface area (Å²) in [4.78, 5) is 0. The van der Waals surface area contributed by atoms with E-state index in [1.807, 2.05) is 6.92 Å². The molecule has 0 amide bonds. The molecule has 0 saturated carbocycles. The zero-order chi connectivity index (χ0) is 12.1. The molecule has 1 rings (SSSR count). The Hall–Kier alpha value is -0.610. The van der Waals surface area contributed by atoms with Gasteiger partial charge in [0.05, 0.1) is 11.1 Å². The average molecular weight is 290 g/mol. The third-order valence-corrected chi connectivity index (χ3v) is 2.97. The largest absolute Gasteiger partial charge is 0.384 e. The van der Waals surface area contributed by atoms with Gasteiger partial charge in [0.15, 0.2) is 0 Å². The van der Waals surface area contributed by atoms with Gasteiger partial charge in [-0.05, 0) is 46.5 Å². The van der Waals surface area contributed by atoms with Crippen LogP contribution in [0.1, 0.15) is 12.5 Å². The Bertz CT molecular complexity index is 357. The van der Waals surface area contributed by atoms with Crippen molar-refractivity contribution in [2.45, 2.75) is 13.8 Å². The fraction of sp³-hybridized carbons (Fsp3) is 0.500. The SMILES string of the molecule is COCC(C)CNc1cc(F)c(Br)cc1C. The van der Waals surface area contributed by atoms with Crippen molar-refractivity contribution in [2.24, 2.45) is 5.92 Å². The molecule has 0 radical (unpaired) electrons. The first-order valence-corrected chi connectivity index (χ1v) is 6.02. The van der Waals surface area contributed by atoms with Crippen LogP contribution in [0.5, 0.6) is 0 Å². The van der Waals surface area contributed by atoms with Gasteiger partial charge in [0, 0.05) is 19.3 Å². The van der Waals surface area contributed by atoms with E-state index in [0.717, 1.165) is 17.8 Å². The Labute approximate surface area is 104 Å². The fourth-order valence-corrected chi connectivity index (χ4v) is 1.92. The first kappa shape index (κ1) is 13.5. The Morgan fingerprint density at radius 2 is 2.19 bits per heavy atom. The third kappa shape index (κ3) is 3.76. The van der Waals surface area contributed by atoms with Crippen LogP contribution in [0, 0.1) is 18.7 Å². The molecule has 1 unspecified atom stereocenters. The number of methoxy groups -OCH3 is 1. The normalized spacial score (nSPS) is 12.6. The van der Waals surface area contributed by atoms with Crippen molar-refractivity contribution in [1.29, 1.82) is 0 Å². The first-order chi connectivity index (χ1) is 7.54. The number of hydrogen-bond donors (Lipinski definition) is 1. The number of nitrogens with one attached hydrogen (secondary N) is 1. The fourth-order valence-electron chi connectivity index (χ4n) is 1.46. The van der Waals surface area contributed by atoms with Gasteiger partial charge in [-0.15, -0.1) is 0 Å². The predicted octanol–water partition coefficient (Wildman–Crippen LogP) is 3.59. The number of benzene rings is 1. The van der Waals surface area contributed by atoms with Crippen LogP contribution in [0.15, 0.2) is 16.6 Å². The second-order valence-electron chi connectivity index (χ2n) is 4.02. The molecule has 0 bridgehead atoms. The molecule has 4 heteroatoms. The van der Waals surface area contributed by atoms with Crippen molar-refractivity contribution in [3.05, 3.63) is 28.0 Å². The summed E-state index contributed by atoms with van der Waals surface area (Å²) in [5.74, 6) is 0.156. The molecule has 0 aliphatic carbocycles. The zero-order valence-electron chi connectivity index (χ0n) is 9.81.